The molecule has 4 rings (SSSR count). The minimum Gasteiger partial charge on any atom is -0.439 e. The van der Waals surface area contributed by atoms with Crippen LogP contribution in [0.4, 0.5) is 4.79 Å². The number of hydrogen-bond acceptors (Lipinski definition) is 3. The molecule has 3 nitrogen and oxygen atoms in total. The highest BCUT2D eigenvalue weighted by Crippen LogP contribution is 2.47. The summed E-state index contributed by atoms with van der Waals surface area (Å²) in [5.41, 5.74) is 2.33. The van der Waals surface area contributed by atoms with Crippen molar-refractivity contribution in [2.45, 2.75) is 18.6 Å². The van der Waals surface area contributed by atoms with Crippen LogP contribution in [-0.2, 0) is 11.2 Å². The van der Waals surface area contributed by atoms with Crippen LogP contribution in [0.25, 0.3) is 0 Å². The molecule has 3 heterocycles. The van der Waals surface area contributed by atoms with Gasteiger partial charge in [0.2, 0.25) is 0 Å². The summed E-state index contributed by atoms with van der Waals surface area (Å²) in [5, 5.41) is 2.11. The fourth-order valence-corrected chi connectivity index (χ4v) is 3.92. The molecule has 4 heteroatoms. The highest BCUT2D eigenvalue weighted by Gasteiger charge is 2.46. The van der Waals surface area contributed by atoms with Gasteiger partial charge in [0.15, 0.2) is 6.10 Å². The number of benzene rings is 1. The van der Waals surface area contributed by atoms with E-state index in [1.54, 1.807) is 11.3 Å². The average molecular weight is 271 g/mol. The van der Waals surface area contributed by atoms with E-state index in [9.17, 15) is 4.79 Å². The SMILES string of the molecule is O=C1OC(c2ccccc2)C2c3ccsc3CCN12. The standard InChI is InChI=1S/C15H13NO2S/c17-15-16-8-6-12-11(7-9-19-12)13(16)14(18-15)10-4-2-1-3-5-10/h1-5,7,9,13-14H,6,8H2. The number of cyclic esters (lactones) is 1. The quantitative estimate of drug-likeness (QED) is 0.794. The molecule has 1 saturated heterocycles. The summed E-state index contributed by atoms with van der Waals surface area (Å²) in [7, 11) is 0. The van der Waals surface area contributed by atoms with Crippen LogP contribution in [-0.4, -0.2) is 17.5 Å². The molecule has 19 heavy (non-hydrogen) atoms. The zero-order chi connectivity index (χ0) is 12.8. The molecule has 96 valence electrons. The van der Waals surface area contributed by atoms with Crippen LogP contribution in [0.1, 0.15) is 28.1 Å². The molecular weight excluding hydrogens is 258 g/mol. The second-order valence-electron chi connectivity index (χ2n) is 4.90. The average Bonchev–Trinajstić information content (AvgIpc) is 3.04. The number of hydrogen-bond donors (Lipinski definition) is 0. The Kier molecular flexibility index (Phi) is 2.38. The number of carbonyl (C=O) groups is 1. The van der Waals surface area contributed by atoms with Crippen molar-refractivity contribution < 1.29 is 9.53 Å². The third-order valence-corrected chi connectivity index (χ3v) is 4.89. The molecule has 2 unspecified atom stereocenters. The molecule has 1 amide bonds. The van der Waals surface area contributed by atoms with Gasteiger partial charge in [-0.2, -0.15) is 0 Å². The van der Waals surface area contributed by atoms with Crippen molar-refractivity contribution in [1.82, 2.24) is 4.90 Å². The highest BCUT2D eigenvalue weighted by molar-refractivity contribution is 7.10. The molecule has 1 fully saturated rings. The molecule has 1 aromatic carbocycles. The van der Waals surface area contributed by atoms with Gasteiger partial charge in [-0.05, 0) is 29.0 Å². The van der Waals surface area contributed by atoms with Crippen LogP contribution < -0.4 is 0 Å². The normalized spacial score (nSPS) is 24.8. The summed E-state index contributed by atoms with van der Waals surface area (Å²) in [5.74, 6) is 0. The lowest BCUT2D eigenvalue weighted by Gasteiger charge is -2.29. The number of carbonyl (C=O) groups excluding carboxylic acids is 1. The Morgan fingerprint density at radius 2 is 2.05 bits per heavy atom. The van der Waals surface area contributed by atoms with E-state index in [1.165, 1.54) is 10.4 Å². The van der Waals surface area contributed by atoms with Gasteiger partial charge in [0, 0.05) is 11.4 Å². The Labute approximate surface area is 115 Å². The van der Waals surface area contributed by atoms with Gasteiger partial charge in [-0.3, -0.25) is 4.90 Å². The molecule has 2 atom stereocenters. The van der Waals surface area contributed by atoms with Crippen molar-refractivity contribution >= 4 is 17.4 Å². The molecule has 1 aromatic heterocycles. The molecule has 2 aliphatic heterocycles. The van der Waals surface area contributed by atoms with Gasteiger partial charge in [-0.25, -0.2) is 4.79 Å². The maximum absolute atomic E-state index is 12.0. The van der Waals surface area contributed by atoms with Gasteiger partial charge >= 0.3 is 6.09 Å². The Morgan fingerprint density at radius 1 is 1.21 bits per heavy atom. The minimum atomic E-state index is -0.185. The zero-order valence-electron chi connectivity index (χ0n) is 10.3. The Bertz CT molecular complexity index is 622. The first kappa shape index (κ1) is 11.1. The van der Waals surface area contributed by atoms with Crippen LogP contribution in [0.15, 0.2) is 41.8 Å². The molecular formula is C15H13NO2S. The summed E-state index contributed by atoms with van der Waals surface area (Å²) < 4.78 is 5.61. The van der Waals surface area contributed by atoms with Crippen molar-refractivity contribution in [2.24, 2.45) is 0 Å². The summed E-state index contributed by atoms with van der Waals surface area (Å²) in [6.45, 7) is 0.764. The van der Waals surface area contributed by atoms with Gasteiger partial charge in [-0.1, -0.05) is 30.3 Å². The minimum absolute atomic E-state index is 0.0462. The van der Waals surface area contributed by atoms with Crippen molar-refractivity contribution in [3.05, 3.63) is 57.8 Å². The number of fused-ring (bicyclic) bond motifs is 3. The van der Waals surface area contributed by atoms with E-state index in [2.05, 4.69) is 11.4 Å². The van der Waals surface area contributed by atoms with E-state index in [1.807, 2.05) is 35.2 Å². The van der Waals surface area contributed by atoms with Gasteiger partial charge < -0.3 is 4.74 Å². The van der Waals surface area contributed by atoms with E-state index < -0.39 is 0 Å². The molecule has 2 aromatic rings. The molecule has 0 saturated carbocycles. The molecule has 0 spiro atoms. The summed E-state index contributed by atoms with van der Waals surface area (Å²) in [6, 6.07) is 12.2. The lowest BCUT2D eigenvalue weighted by Crippen LogP contribution is -2.33. The number of thiophene rings is 1. The van der Waals surface area contributed by atoms with Crippen molar-refractivity contribution in [1.29, 1.82) is 0 Å². The maximum Gasteiger partial charge on any atom is 0.411 e. The first-order chi connectivity index (χ1) is 9.34. The number of amides is 1. The fourth-order valence-electron chi connectivity index (χ4n) is 3.01. The van der Waals surface area contributed by atoms with Crippen molar-refractivity contribution in [3.63, 3.8) is 0 Å². The predicted octanol–water partition coefficient (Wildman–Crippen LogP) is 3.54. The van der Waals surface area contributed by atoms with E-state index in [0.29, 0.717) is 0 Å². The topological polar surface area (TPSA) is 29.5 Å². The molecule has 0 N–H and O–H groups in total. The van der Waals surface area contributed by atoms with E-state index >= 15 is 0 Å². The summed E-state index contributed by atoms with van der Waals surface area (Å²) in [6.07, 6.45) is 0.582. The number of rotatable bonds is 1. The van der Waals surface area contributed by atoms with Crippen LogP contribution in [0.2, 0.25) is 0 Å². The monoisotopic (exact) mass is 271 g/mol. The highest BCUT2D eigenvalue weighted by atomic mass is 32.1. The smallest absolute Gasteiger partial charge is 0.411 e. The van der Waals surface area contributed by atoms with E-state index in [0.717, 1.165) is 18.5 Å². The van der Waals surface area contributed by atoms with Crippen molar-refractivity contribution in [3.8, 4) is 0 Å². The molecule has 0 aliphatic carbocycles. The summed E-state index contributed by atoms with van der Waals surface area (Å²) >= 11 is 1.78. The summed E-state index contributed by atoms with van der Waals surface area (Å²) in [4.78, 5) is 15.3. The first-order valence-electron chi connectivity index (χ1n) is 6.43. The Balaban J connectivity index is 1.81. The molecule has 0 bridgehead atoms. The van der Waals surface area contributed by atoms with Crippen LogP contribution in [0, 0.1) is 0 Å². The lowest BCUT2D eigenvalue weighted by molar-refractivity contribution is 0.130. The fraction of sp³-hybridized carbons (Fsp3) is 0.267. The lowest BCUT2D eigenvalue weighted by atomic mass is 9.93. The Hall–Kier alpha value is -1.81. The van der Waals surface area contributed by atoms with Gasteiger partial charge in [0.05, 0.1) is 0 Å². The van der Waals surface area contributed by atoms with E-state index in [4.69, 9.17) is 4.74 Å². The second kappa shape index (κ2) is 4.10. The second-order valence-corrected chi connectivity index (χ2v) is 5.90. The van der Waals surface area contributed by atoms with Gasteiger partial charge in [-0.15, -0.1) is 11.3 Å². The third kappa shape index (κ3) is 1.60. The predicted molar refractivity (Wildman–Crippen MR) is 73.1 cm³/mol. The Morgan fingerprint density at radius 3 is 2.89 bits per heavy atom. The van der Waals surface area contributed by atoms with Crippen molar-refractivity contribution in [2.75, 3.05) is 6.54 Å². The van der Waals surface area contributed by atoms with Crippen LogP contribution in [0.3, 0.4) is 0 Å². The van der Waals surface area contributed by atoms with Crippen LogP contribution in [0.5, 0.6) is 0 Å². The number of ether oxygens (including phenoxy) is 1. The zero-order valence-corrected chi connectivity index (χ0v) is 11.1. The van der Waals surface area contributed by atoms with Gasteiger partial charge in [0.1, 0.15) is 6.04 Å². The maximum atomic E-state index is 12.0. The van der Waals surface area contributed by atoms with E-state index in [-0.39, 0.29) is 18.2 Å². The molecule has 2 aliphatic rings. The van der Waals surface area contributed by atoms with Gasteiger partial charge in [0.25, 0.3) is 0 Å². The molecule has 0 radical (unpaired) electrons. The third-order valence-electron chi connectivity index (χ3n) is 3.89. The first-order valence-corrected chi connectivity index (χ1v) is 7.31. The van der Waals surface area contributed by atoms with Crippen LogP contribution >= 0.6 is 11.3 Å². The largest absolute Gasteiger partial charge is 0.439 e. The number of nitrogens with zero attached hydrogens (tertiary/aromatic N) is 1.